The number of nitrogens with one attached hydrogen (secondary N) is 1. The predicted molar refractivity (Wildman–Crippen MR) is 105 cm³/mol. The number of carbonyl (C=O) groups is 1. The second-order valence-corrected chi connectivity index (χ2v) is 8.12. The quantitative estimate of drug-likeness (QED) is 0.849. The molecule has 0 radical (unpaired) electrons. The van der Waals surface area contributed by atoms with Crippen molar-refractivity contribution in [1.29, 1.82) is 0 Å². The summed E-state index contributed by atoms with van der Waals surface area (Å²) in [6.45, 7) is 8.20. The average Bonchev–Trinajstić information content (AvgIpc) is 3.35. The van der Waals surface area contributed by atoms with Gasteiger partial charge in [0.15, 0.2) is 0 Å². The third-order valence-corrected chi connectivity index (χ3v) is 6.17. The van der Waals surface area contributed by atoms with Crippen LogP contribution in [0.4, 0.5) is 0 Å². The van der Waals surface area contributed by atoms with Gasteiger partial charge in [-0.2, -0.15) is 0 Å². The number of carbonyl (C=O) groups excluding carboxylic acids is 1. The molecule has 0 bridgehead atoms. The smallest absolute Gasteiger partial charge is 0.258 e. The Balaban J connectivity index is 1.61. The second-order valence-electron chi connectivity index (χ2n) is 8.12. The Morgan fingerprint density at radius 2 is 1.93 bits per heavy atom. The van der Waals surface area contributed by atoms with Gasteiger partial charge in [-0.15, -0.1) is 0 Å². The molecule has 0 unspecified atom stereocenters. The van der Waals surface area contributed by atoms with E-state index in [1.165, 1.54) is 0 Å². The fourth-order valence-corrected chi connectivity index (χ4v) is 4.51. The molecule has 8 nitrogen and oxygen atoms in total. The number of likely N-dealkylation sites (N-methyl/N-ethyl adjacent to an activating group) is 1. The second kappa shape index (κ2) is 6.84. The first-order valence-electron chi connectivity index (χ1n) is 9.88. The fraction of sp³-hybridized carbons (Fsp3) is 0.600. The number of imidazole rings is 1. The van der Waals surface area contributed by atoms with Gasteiger partial charge in [0.1, 0.15) is 11.6 Å². The Hall–Kier alpha value is -2.48. The number of H-pyrrole nitrogens is 1. The van der Waals surface area contributed by atoms with Crippen LogP contribution in [0.1, 0.15) is 47.1 Å². The van der Waals surface area contributed by atoms with Crippen molar-refractivity contribution in [3.05, 3.63) is 44.6 Å². The maximum absolute atomic E-state index is 13.4. The van der Waals surface area contributed by atoms with Gasteiger partial charge in [-0.1, -0.05) is 6.92 Å². The SMILES string of the molecule is CCc1nc([C@@H]2CN(C)C[C@H]2C(=O)N2Cc3nc(C)n(C)c(=O)c3C2)c(C)[nH]1. The van der Waals surface area contributed by atoms with Gasteiger partial charge >= 0.3 is 0 Å². The zero-order valence-corrected chi connectivity index (χ0v) is 17.2. The lowest BCUT2D eigenvalue weighted by Gasteiger charge is -2.23. The molecule has 2 aromatic heterocycles. The summed E-state index contributed by atoms with van der Waals surface area (Å²) in [7, 11) is 3.77. The van der Waals surface area contributed by atoms with Crippen LogP contribution in [0.15, 0.2) is 4.79 Å². The van der Waals surface area contributed by atoms with Gasteiger partial charge in [-0.3, -0.25) is 14.2 Å². The van der Waals surface area contributed by atoms with Gasteiger partial charge in [0.2, 0.25) is 5.91 Å². The Morgan fingerprint density at radius 1 is 1.18 bits per heavy atom. The number of rotatable bonds is 3. The number of likely N-dealkylation sites (tertiary alicyclic amines) is 1. The van der Waals surface area contributed by atoms with Crippen LogP contribution < -0.4 is 5.56 Å². The van der Waals surface area contributed by atoms with Gasteiger partial charge < -0.3 is 14.8 Å². The first kappa shape index (κ1) is 18.9. The normalized spacial score (nSPS) is 22.1. The number of aromatic nitrogens is 4. The van der Waals surface area contributed by atoms with Crippen LogP contribution >= 0.6 is 0 Å². The zero-order chi connectivity index (χ0) is 20.2. The largest absolute Gasteiger partial charge is 0.346 e. The molecule has 8 heteroatoms. The van der Waals surface area contributed by atoms with Crippen LogP contribution in [0.3, 0.4) is 0 Å². The summed E-state index contributed by atoms with van der Waals surface area (Å²) in [4.78, 5) is 42.6. The van der Waals surface area contributed by atoms with Crippen molar-refractivity contribution in [2.45, 2.75) is 46.2 Å². The van der Waals surface area contributed by atoms with Crippen LogP contribution in [-0.4, -0.2) is 55.4 Å². The molecule has 28 heavy (non-hydrogen) atoms. The summed E-state index contributed by atoms with van der Waals surface area (Å²) in [5.41, 5.74) is 3.38. The van der Waals surface area contributed by atoms with E-state index in [0.717, 1.165) is 35.9 Å². The first-order valence-corrected chi connectivity index (χ1v) is 9.88. The van der Waals surface area contributed by atoms with Crippen molar-refractivity contribution in [1.82, 2.24) is 29.3 Å². The minimum Gasteiger partial charge on any atom is -0.346 e. The molecule has 4 rings (SSSR count). The number of aryl methyl sites for hydroxylation is 3. The summed E-state index contributed by atoms with van der Waals surface area (Å²) < 4.78 is 1.55. The van der Waals surface area contributed by atoms with E-state index in [4.69, 9.17) is 4.98 Å². The topological polar surface area (TPSA) is 87.1 Å². The monoisotopic (exact) mass is 384 g/mol. The summed E-state index contributed by atoms with van der Waals surface area (Å²) in [5.74, 6) is 1.64. The molecule has 1 amide bonds. The maximum atomic E-state index is 13.4. The van der Waals surface area contributed by atoms with E-state index >= 15 is 0 Å². The van der Waals surface area contributed by atoms with E-state index in [0.29, 0.717) is 31.0 Å². The molecule has 2 aliphatic heterocycles. The van der Waals surface area contributed by atoms with E-state index in [-0.39, 0.29) is 23.3 Å². The van der Waals surface area contributed by atoms with Gasteiger partial charge in [-0.05, 0) is 20.9 Å². The molecule has 1 saturated heterocycles. The van der Waals surface area contributed by atoms with Crippen molar-refractivity contribution in [2.24, 2.45) is 13.0 Å². The Labute approximate surface area is 164 Å². The van der Waals surface area contributed by atoms with Crippen molar-refractivity contribution in [2.75, 3.05) is 20.1 Å². The van der Waals surface area contributed by atoms with Crippen LogP contribution in [0.5, 0.6) is 0 Å². The van der Waals surface area contributed by atoms with Crippen molar-refractivity contribution >= 4 is 5.91 Å². The zero-order valence-electron chi connectivity index (χ0n) is 17.2. The lowest BCUT2D eigenvalue weighted by molar-refractivity contribution is -0.136. The minimum atomic E-state index is -0.157. The highest BCUT2D eigenvalue weighted by molar-refractivity contribution is 5.81. The van der Waals surface area contributed by atoms with Gasteiger partial charge in [0.05, 0.1) is 36.0 Å². The van der Waals surface area contributed by atoms with E-state index in [1.807, 2.05) is 20.9 Å². The number of aromatic amines is 1. The lowest BCUT2D eigenvalue weighted by atomic mass is 9.90. The molecule has 2 aliphatic rings. The highest BCUT2D eigenvalue weighted by Gasteiger charge is 2.42. The molecule has 1 N–H and O–H groups in total. The van der Waals surface area contributed by atoms with E-state index < -0.39 is 0 Å². The summed E-state index contributed by atoms with van der Waals surface area (Å²) in [6.07, 6.45) is 0.845. The van der Waals surface area contributed by atoms with Crippen molar-refractivity contribution < 1.29 is 4.79 Å². The molecule has 150 valence electrons. The highest BCUT2D eigenvalue weighted by Crippen LogP contribution is 2.35. The molecule has 2 aromatic rings. The van der Waals surface area contributed by atoms with E-state index in [2.05, 4.69) is 21.8 Å². The third-order valence-electron chi connectivity index (χ3n) is 6.17. The summed E-state index contributed by atoms with van der Waals surface area (Å²) >= 11 is 0. The number of nitrogens with zero attached hydrogens (tertiary/aromatic N) is 5. The van der Waals surface area contributed by atoms with E-state index in [9.17, 15) is 9.59 Å². The number of hydrogen-bond donors (Lipinski definition) is 1. The molecule has 4 heterocycles. The average molecular weight is 384 g/mol. The van der Waals surface area contributed by atoms with Crippen LogP contribution in [-0.2, 0) is 31.4 Å². The third kappa shape index (κ3) is 2.96. The van der Waals surface area contributed by atoms with Crippen molar-refractivity contribution in [3.63, 3.8) is 0 Å². The highest BCUT2D eigenvalue weighted by atomic mass is 16.2. The molecular formula is C20H28N6O2. The fourth-order valence-electron chi connectivity index (χ4n) is 4.51. The van der Waals surface area contributed by atoms with Crippen molar-refractivity contribution in [3.8, 4) is 0 Å². The van der Waals surface area contributed by atoms with Crippen LogP contribution in [0, 0.1) is 19.8 Å². The Kier molecular flexibility index (Phi) is 4.61. The predicted octanol–water partition coefficient (Wildman–Crippen LogP) is 0.870. The molecule has 0 aliphatic carbocycles. The van der Waals surface area contributed by atoms with Crippen LogP contribution in [0.25, 0.3) is 0 Å². The molecule has 2 atom stereocenters. The van der Waals surface area contributed by atoms with Crippen LogP contribution in [0.2, 0.25) is 0 Å². The molecule has 1 fully saturated rings. The Morgan fingerprint density at radius 3 is 2.61 bits per heavy atom. The summed E-state index contributed by atoms with van der Waals surface area (Å²) in [6, 6.07) is 0. The summed E-state index contributed by atoms with van der Waals surface area (Å²) in [5, 5.41) is 0. The molecular weight excluding hydrogens is 356 g/mol. The number of hydrogen-bond acceptors (Lipinski definition) is 5. The van der Waals surface area contributed by atoms with Gasteiger partial charge in [-0.25, -0.2) is 9.97 Å². The number of amides is 1. The lowest BCUT2D eigenvalue weighted by Crippen LogP contribution is -2.36. The molecule has 0 saturated carbocycles. The standard InChI is InChI=1S/C20H28N6O2/c1-6-17-21-11(2)18(23-17)13-7-24(4)8-14(13)20(28)26-9-15-16(10-26)22-12(3)25(5)19(15)27/h13-14H,6-10H2,1-5H3,(H,21,23)/t13-,14-/m1/s1. The van der Waals surface area contributed by atoms with Gasteiger partial charge in [0.25, 0.3) is 5.56 Å². The maximum Gasteiger partial charge on any atom is 0.258 e. The van der Waals surface area contributed by atoms with Gasteiger partial charge in [0, 0.05) is 38.2 Å². The minimum absolute atomic E-state index is 0.0476. The number of fused-ring (bicyclic) bond motifs is 1. The Bertz CT molecular complexity index is 991. The molecule has 0 spiro atoms. The first-order chi connectivity index (χ1) is 13.3. The molecule has 0 aromatic carbocycles. The van der Waals surface area contributed by atoms with E-state index in [1.54, 1.807) is 16.5 Å².